The summed E-state index contributed by atoms with van der Waals surface area (Å²) in [5.74, 6) is 0.983. The van der Waals surface area contributed by atoms with Crippen LogP contribution in [0.3, 0.4) is 0 Å². The number of nitrogens with zero attached hydrogens (tertiary/aromatic N) is 2. The number of fused-ring (bicyclic) bond motifs is 1. The molecule has 1 saturated heterocycles. The van der Waals surface area contributed by atoms with Gasteiger partial charge in [-0.15, -0.1) is 0 Å². The molecule has 0 radical (unpaired) electrons. The Morgan fingerprint density at radius 3 is 2.63 bits per heavy atom. The Balaban J connectivity index is 1.61. The average molecular weight is 543 g/mol. The van der Waals surface area contributed by atoms with E-state index < -0.39 is 12.1 Å². The lowest BCUT2D eigenvalue weighted by atomic mass is 10.0. The van der Waals surface area contributed by atoms with Gasteiger partial charge in [0.05, 0.1) is 13.2 Å². The second kappa shape index (κ2) is 8.37. The molecule has 2 N–H and O–H groups in total. The number of benzene rings is 1. The van der Waals surface area contributed by atoms with Crippen molar-refractivity contribution in [2.45, 2.75) is 44.8 Å². The van der Waals surface area contributed by atoms with Gasteiger partial charge in [-0.3, -0.25) is 4.79 Å². The summed E-state index contributed by atoms with van der Waals surface area (Å²) in [4.78, 5) is 35.1. The molecule has 2 fully saturated rings. The maximum atomic E-state index is 13.4. The average Bonchev–Trinajstić information content (AvgIpc) is 3.21. The van der Waals surface area contributed by atoms with Crippen LogP contribution in [0.2, 0.25) is 5.15 Å². The lowest BCUT2D eigenvalue weighted by Gasteiger charge is -2.31. The Morgan fingerprint density at radius 2 is 2.00 bits per heavy atom. The number of hydrogen-bond acceptors (Lipinski definition) is 4. The van der Waals surface area contributed by atoms with E-state index in [1.54, 1.807) is 0 Å². The molecular formula is C21H24ClIN4O3. The Bertz CT molecular complexity index is 962. The fraction of sp³-hybridized carbons (Fsp3) is 0.476. The van der Waals surface area contributed by atoms with Gasteiger partial charge in [-0.05, 0) is 59.4 Å². The Kier molecular flexibility index (Phi) is 5.98. The number of methoxy groups -OCH3 is 1. The zero-order valence-electron chi connectivity index (χ0n) is 17.0. The Hall–Kier alpha value is -1.81. The zero-order chi connectivity index (χ0) is 21.6. The number of piperidine rings is 1. The molecule has 1 aliphatic heterocycles. The number of likely N-dealkylation sites (tertiary alicyclic amines) is 1. The first-order valence-electron chi connectivity index (χ1n) is 9.98. The number of amides is 2. The van der Waals surface area contributed by atoms with E-state index in [9.17, 15) is 9.59 Å². The van der Waals surface area contributed by atoms with Gasteiger partial charge >= 0.3 is 6.09 Å². The summed E-state index contributed by atoms with van der Waals surface area (Å²) in [5.41, 5.74) is 1.61. The van der Waals surface area contributed by atoms with Gasteiger partial charge in [0.2, 0.25) is 5.91 Å². The largest absolute Gasteiger partial charge is 0.453 e. The van der Waals surface area contributed by atoms with Gasteiger partial charge in [0.1, 0.15) is 22.7 Å². The van der Waals surface area contributed by atoms with Crippen molar-refractivity contribution in [3.8, 4) is 11.3 Å². The van der Waals surface area contributed by atoms with Gasteiger partial charge < -0.3 is 19.9 Å². The summed E-state index contributed by atoms with van der Waals surface area (Å²) in [6, 6.07) is 7.33. The molecule has 0 spiro atoms. The summed E-state index contributed by atoms with van der Waals surface area (Å²) < 4.78 is 5.84. The third kappa shape index (κ3) is 4.03. The Morgan fingerprint density at radius 1 is 1.30 bits per heavy atom. The summed E-state index contributed by atoms with van der Waals surface area (Å²) in [7, 11) is 1.30. The molecule has 1 aliphatic carbocycles. The Labute approximate surface area is 194 Å². The first kappa shape index (κ1) is 21.4. The minimum absolute atomic E-state index is 0.0717. The van der Waals surface area contributed by atoms with Gasteiger partial charge in [0.25, 0.3) is 0 Å². The minimum atomic E-state index is -0.652. The maximum absolute atomic E-state index is 13.4. The predicted molar refractivity (Wildman–Crippen MR) is 122 cm³/mol. The molecule has 1 saturated carbocycles. The highest BCUT2D eigenvalue weighted by molar-refractivity contribution is 14.1. The molecule has 1 aromatic heterocycles. The van der Waals surface area contributed by atoms with Crippen LogP contribution in [0.15, 0.2) is 24.3 Å². The van der Waals surface area contributed by atoms with E-state index in [2.05, 4.69) is 32.9 Å². The molecule has 0 unspecified atom stereocenters. The van der Waals surface area contributed by atoms with Crippen LogP contribution in [0.4, 0.5) is 4.79 Å². The summed E-state index contributed by atoms with van der Waals surface area (Å²) in [6.07, 6.45) is 1.23. The van der Waals surface area contributed by atoms with Crippen LogP contribution in [0.25, 0.3) is 11.3 Å². The molecule has 30 heavy (non-hydrogen) atoms. The van der Waals surface area contributed by atoms with Gasteiger partial charge in [0, 0.05) is 15.2 Å². The van der Waals surface area contributed by atoms with Crippen molar-refractivity contribution in [3.05, 3.63) is 38.8 Å². The predicted octanol–water partition coefficient (Wildman–Crippen LogP) is 4.38. The zero-order valence-corrected chi connectivity index (χ0v) is 19.9. The van der Waals surface area contributed by atoms with Crippen molar-refractivity contribution in [1.29, 1.82) is 0 Å². The third-order valence-corrected chi connectivity index (χ3v) is 6.85. The van der Waals surface area contributed by atoms with E-state index in [-0.39, 0.29) is 23.9 Å². The SMILES string of the molecule is COC(=O)N[C@H](C(=O)N1[C@@H]2C[C@@H]2C[C@H]1c1nc(-c2ccc(I)cc2)c(Cl)[nH]1)C(C)C. The number of carbonyl (C=O) groups excluding carboxylic acids is 2. The van der Waals surface area contributed by atoms with Crippen LogP contribution >= 0.6 is 34.2 Å². The van der Waals surface area contributed by atoms with Crippen molar-refractivity contribution in [2.75, 3.05) is 7.11 Å². The number of nitrogens with one attached hydrogen (secondary N) is 2. The molecule has 7 nitrogen and oxygen atoms in total. The standard InChI is InChI=1S/C21H24ClIN4O3/c1-10(2)16(25-21(29)30-3)20(28)27-14-8-12(14)9-15(27)19-24-17(18(22)26-19)11-4-6-13(23)7-5-11/h4-7,10,12,14-16H,8-9H2,1-3H3,(H,24,26)(H,25,29)/t12-,14-,15+,16+/m1/s1. The van der Waals surface area contributed by atoms with E-state index >= 15 is 0 Å². The molecule has 2 amide bonds. The van der Waals surface area contributed by atoms with E-state index in [0.29, 0.717) is 22.6 Å². The fourth-order valence-corrected chi connectivity index (χ4v) is 4.81. The number of rotatable bonds is 5. The minimum Gasteiger partial charge on any atom is -0.453 e. The van der Waals surface area contributed by atoms with Gasteiger partial charge in [-0.2, -0.15) is 0 Å². The molecular weight excluding hydrogens is 519 g/mol. The molecule has 2 heterocycles. The van der Waals surface area contributed by atoms with Crippen LogP contribution in [0, 0.1) is 15.4 Å². The van der Waals surface area contributed by atoms with Crippen molar-refractivity contribution in [1.82, 2.24) is 20.2 Å². The molecule has 160 valence electrons. The highest BCUT2D eigenvalue weighted by Crippen LogP contribution is 2.53. The second-order valence-corrected chi connectivity index (χ2v) is 9.83. The lowest BCUT2D eigenvalue weighted by molar-refractivity contribution is -0.136. The van der Waals surface area contributed by atoms with Crippen molar-refractivity contribution < 1.29 is 14.3 Å². The molecule has 2 aromatic rings. The van der Waals surface area contributed by atoms with E-state index in [1.807, 2.05) is 43.0 Å². The van der Waals surface area contributed by atoms with E-state index in [4.69, 9.17) is 21.3 Å². The number of carbonyl (C=O) groups is 2. The molecule has 4 rings (SSSR count). The van der Waals surface area contributed by atoms with Crippen LogP contribution in [0.1, 0.15) is 38.6 Å². The number of aromatic nitrogens is 2. The number of alkyl carbamates (subject to hydrolysis) is 1. The number of ether oxygens (including phenoxy) is 1. The maximum Gasteiger partial charge on any atom is 0.407 e. The fourth-order valence-electron chi connectivity index (χ4n) is 4.20. The van der Waals surface area contributed by atoms with Gasteiger partial charge in [0.15, 0.2) is 0 Å². The summed E-state index contributed by atoms with van der Waals surface area (Å²) >= 11 is 8.73. The van der Waals surface area contributed by atoms with Crippen molar-refractivity contribution in [2.24, 2.45) is 11.8 Å². The molecule has 0 bridgehead atoms. The smallest absolute Gasteiger partial charge is 0.407 e. The van der Waals surface area contributed by atoms with Crippen molar-refractivity contribution in [3.63, 3.8) is 0 Å². The van der Waals surface area contributed by atoms with Gasteiger partial charge in [-0.25, -0.2) is 9.78 Å². The van der Waals surface area contributed by atoms with Crippen molar-refractivity contribution >= 4 is 46.2 Å². The molecule has 9 heteroatoms. The normalized spacial score (nSPS) is 23.3. The first-order chi connectivity index (χ1) is 14.3. The van der Waals surface area contributed by atoms with Crippen LogP contribution < -0.4 is 5.32 Å². The number of halogens is 2. The molecule has 1 aromatic carbocycles. The van der Waals surface area contributed by atoms with Crippen LogP contribution in [-0.2, 0) is 9.53 Å². The number of H-pyrrole nitrogens is 1. The topological polar surface area (TPSA) is 87.3 Å². The van der Waals surface area contributed by atoms with Crippen LogP contribution in [-0.4, -0.2) is 46.1 Å². The number of imidazole rings is 1. The monoisotopic (exact) mass is 542 g/mol. The van der Waals surface area contributed by atoms with Crippen LogP contribution in [0.5, 0.6) is 0 Å². The quantitative estimate of drug-likeness (QED) is 0.549. The molecule has 2 aliphatic rings. The molecule has 4 atom stereocenters. The lowest BCUT2D eigenvalue weighted by Crippen LogP contribution is -2.52. The summed E-state index contributed by atoms with van der Waals surface area (Å²) in [5, 5.41) is 3.16. The second-order valence-electron chi connectivity index (χ2n) is 8.21. The first-order valence-corrected chi connectivity index (χ1v) is 11.4. The van der Waals surface area contributed by atoms with E-state index in [1.165, 1.54) is 7.11 Å². The van der Waals surface area contributed by atoms with Gasteiger partial charge in [-0.1, -0.05) is 37.6 Å². The van der Waals surface area contributed by atoms with E-state index in [0.717, 1.165) is 22.0 Å². The highest BCUT2D eigenvalue weighted by Gasteiger charge is 2.56. The third-order valence-electron chi connectivity index (χ3n) is 5.86. The highest BCUT2D eigenvalue weighted by atomic mass is 127. The summed E-state index contributed by atoms with van der Waals surface area (Å²) in [6.45, 7) is 3.82. The number of hydrogen-bond donors (Lipinski definition) is 2. The number of aromatic amines is 1.